The fourth-order valence-corrected chi connectivity index (χ4v) is 2.06. The van der Waals surface area contributed by atoms with Crippen LogP contribution in [0.1, 0.15) is 6.92 Å². The Labute approximate surface area is 121 Å². The fraction of sp³-hybridized carbons (Fsp3) is 0.133. The van der Waals surface area contributed by atoms with Gasteiger partial charge >= 0.3 is 0 Å². The minimum atomic E-state index is 0.234. The van der Waals surface area contributed by atoms with E-state index in [-0.39, 0.29) is 5.88 Å². The molecule has 0 radical (unpaired) electrons. The number of hydrogen-bond donors (Lipinski definition) is 1. The molecule has 2 heterocycles. The highest BCUT2D eigenvalue weighted by atomic mass is 16.5. The van der Waals surface area contributed by atoms with Gasteiger partial charge in [0, 0.05) is 11.8 Å². The molecule has 0 amide bonds. The number of nitrogens with two attached hydrogens (primary N) is 1. The number of ether oxygens (including phenoxy) is 1. The Kier molecular flexibility index (Phi) is 3.51. The Morgan fingerprint density at radius 2 is 2.00 bits per heavy atom. The van der Waals surface area contributed by atoms with Crippen molar-refractivity contribution in [3.63, 3.8) is 0 Å². The SMILES string of the molecule is CCOc1ccc(-c2noc(N)c2-c2ccncn2)cc1. The highest BCUT2D eigenvalue weighted by Crippen LogP contribution is 2.35. The highest BCUT2D eigenvalue weighted by molar-refractivity contribution is 5.85. The van der Waals surface area contributed by atoms with Crippen LogP contribution in [0, 0.1) is 0 Å². The maximum Gasteiger partial charge on any atom is 0.232 e. The summed E-state index contributed by atoms with van der Waals surface area (Å²) < 4.78 is 10.5. The lowest BCUT2D eigenvalue weighted by atomic mass is 10.0. The first-order valence-corrected chi connectivity index (χ1v) is 6.54. The molecule has 106 valence electrons. The molecule has 21 heavy (non-hydrogen) atoms. The van der Waals surface area contributed by atoms with Gasteiger partial charge in [-0.05, 0) is 37.3 Å². The van der Waals surface area contributed by atoms with Gasteiger partial charge in [-0.3, -0.25) is 0 Å². The second-order valence-electron chi connectivity index (χ2n) is 4.32. The van der Waals surface area contributed by atoms with E-state index in [0.717, 1.165) is 11.3 Å². The molecule has 0 fully saturated rings. The largest absolute Gasteiger partial charge is 0.494 e. The number of benzene rings is 1. The van der Waals surface area contributed by atoms with Gasteiger partial charge in [0.25, 0.3) is 0 Å². The van der Waals surface area contributed by atoms with Crippen molar-refractivity contribution in [2.24, 2.45) is 0 Å². The number of nitrogens with zero attached hydrogens (tertiary/aromatic N) is 3. The first kappa shape index (κ1) is 13.1. The molecule has 0 atom stereocenters. The molecule has 2 aromatic heterocycles. The third-order valence-corrected chi connectivity index (χ3v) is 3.00. The minimum Gasteiger partial charge on any atom is -0.494 e. The molecule has 6 heteroatoms. The summed E-state index contributed by atoms with van der Waals surface area (Å²) in [6.07, 6.45) is 3.11. The average Bonchev–Trinajstić information content (AvgIpc) is 2.91. The quantitative estimate of drug-likeness (QED) is 0.791. The van der Waals surface area contributed by atoms with Gasteiger partial charge in [0.2, 0.25) is 5.88 Å². The van der Waals surface area contributed by atoms with Gasteiger partial charge in [-0.1, -0.05) is 5.16 Å². The predicted octanol–water partition coefficient (Wildman–Crippen LogP) is 2.78. The lowest BCUT2D eigenvalue weighted by Crippen LogP contribution is -1.92. The van der Waals surface area contributed by atoms with Crippen LogP contribution in [0.4, 0.5) is 5.88 Å². The number of nitrogen functional groups attached to an aromatic ring is 1. The first-order chi connectivity index (χ1) is 10.3. The summed E-state index contributed by atoms with van der Waals surface area (Å²) in [5.41, 5.74) is 8.75. The topological polar surface area (TPSA) is 87.1 Å². The smallest absolute Gasteiger partial charge is 0.232 e. The normalized spacial score (nSPS) is 10.5. The second kappa shape index (κ2) is 5.62. The summed E-state index contributed by atoms with van der Waals surface area (Å²) in [4.78, 5) is 8.10. The van der Waals surface area contributed by atoms with Gasteiger partial charge < -0.3 is 15.0 Å². The summed E-state index contributed by atoms with van der Waals surface area (Å²) in [6, 6.07) is 9.35. The van der Waals surface area contributed by atoms with E-state index in [0.29, 0.717) is 23.6 Å². The van der Waals surface area contributed by atoms with E-state index in [1.54, 1.807) is 12.3 Å². The Bertz CT molecular complexity index is 723. The number of hydrogen-bond acceptors (Lipinski definition) is 6. The molecule has 2 N–H and O–H groups in total. The molecule has 0 aliphatic rings. The highest BCUT2D eigenvalue weighted by Gasteiger charge is 2.18. The molecule has 0 bridgehead atoms. The third-order valence-electron chi connectivity index (χ3n) is 3.00. The van der Waals surface area contributed by atoms with Gasteiger partial charge in [-0.25, -0.2) is 9.97 Å². The molecule has 1 aromatic carbocycles. The van der Waals surface area contributed by atoms with Crippen LogP contribution in [0.3, 0.4) is 0 Å². The minimum absolute atomic E-state index is 0.234. The van der Waals surface area contributed by atoms with Crippen LogP contribution in [-0.2, 0) is 0 Å². The molecular weight excluding hydrogens is 268 g/mol. The number of aromatic nitrogens is 3. The van der Waals surface area contributed by atoms with Crippen LogP contribution in [-0.4, -0.2) is 21.7 Å². The molecule has 0 spiro atoms. The fourth-order valence-electron chi connectivity index (χ4n) is 2.06. The van der Waals surface area contributed by atoms with Crippen LogP contribution in [0.5, 0.6) is 5.75 Å². The van der Waals surface area contributed by atoms with Gasteiger partial charge in [-0.15, -0.1) is 0 Å². The molecule has 0 aliphatic carbocycles. The van der Waals surface area contributed by atoms with E-state index in [1.165, 1.54) is 6.33 Å². The van der Waals surface area contributed by atoms with Crippen LogP contribution in [0.25, 0.3) is 22.5 Å². The van der Waals surface area contributed by atoms with Crippen molar-refractivity contribution in [3.8, 4) is 28.3 Å². The standard InChI is InChI=1S/C15H14N4O2/c1-2-20-11-5-3-10(4-6-11)14-13(15(16)21-19-14)12-7-8-17-9-18-12/h3-9H,2,16H2,1H3. The summed E-state index contributed by atoms with van der Waals surface area (Å²) in [6.45, 7) is 2.57. The zero-order valence-corrected chi connectivity index (χ0v) is 11.5. The summed E-state index contributed by atoms with van der Waals surface area (Å²) in [5.74, 6) is 1.04. The maximum atomic E-state index is 5.87. The van der Waals surface area contributed by atoms with Crippen LogP contribution in [0.15, 0.2) is 47.4 Å². The molecular formula is C15H14N4O2. The summed E-state index contributed by atoms with van der Waals surface area (Å²) in [7, 11) is 0. The first-order valence-electron chi connectivity index (χ1n) is 6.54. The maximum absolute atomic E-state index is 5.87. The molecule has 3 rings (SSSR count). The van der Waals surface area contributed by atoms with Gasteiger partial charge in [0.15, 0.2) is 0 Å². The van der Waals surface area contributed by atoms with Crippen LogP contribution in [0.2, 0.25) is 0 Å². The van der Waals surface area contributed by atoms with E-state index in [9.17, 15) is 0 Å². The van der Waals surface area contributed by atoms with Crippen molar-refractivity contribution in [3.05, 3.63) is 42.9 Å². The van der Waals surface area contributed by atoms with Crippen molar-refractivity contribution >= 4 is 5.88 Å². The summed E-state index contributed by atoms with van der Waals surface area (Å²) >= 11 is 0. The Hall–Kier alpha value is -2.89. The molecule has 0 saturated heterocycles. The van der Waals surface area contributed by atoms with E-state index >= 15 is 0 Å². The molecule has 0 saturated carbocycles. The molecule has 6 nitrogen and oxygen atoms in total. The Morgan fingerprint density at radius 1 is 1.19 bits per heavy atom. The van der Waals surface area contributed by atoms with Crippen molar-refractivity contribution in [2.75, 3.05) is 12.3 Å². The predicted molar refractivity (Wildman–Crippen MR) is 78.5 cm³/mol. The van der Waals surface area contributed by atoms with Gasteiger partial charge in [0.05, 0.1) is 17.9 Å². The second-order valence-corrected chi connectivity index (χ2v) is 4.32. The Balaban J connectivity index is 2.03. The monoisotopic (exact) mass is 282 g/mol. The van der Waals surface area contributed by atoms with Crippen molar-refractivity contribution < 1.29 is 9.26 Å². The Morgan fingerprint density at radius 3 is 2.67 bits per heavy atom. The molecule has 0 unspecified atom stereocenters. The molecule has 3 aromatic rings. The van der Waals surface area contributed by atoms with Crippen molar-refractivity contribution in [1.82, 2.24) is 15.1 Å². The third kappa shape index (κ3) is 2.55. The zero-order valence-electron chi connectivity index (χ0n) is 11.5. The number of rotatable bonds is 4. The summed E-state index contributed by atoms with van der Waals surface area (Å²) in [5, 5.41) is 4.04. The van der Waals surface area contributed by atoms with Gasteiger partial charge in [-0.2, -0.15) is 0 Å². The van der Waals surface area contributed by atoms with Gasteiger partial charge in [0.1, 0.15) is 17.8 Å². The van der Waals surface area contributed by atoms with Crippen LogP contribution < -0.4 is 10.5 Å². The number of anilines is 1. The van der Waals surface area contributed by atoms with Crippen molar-refractivity contribution in [2.45, 2.75) is 6.92 Å². The van der Waals surface area contributed by atoms with E-state index < -0.39 is 0 Å². The van der Waals surface area contributed by atoms with E-state index in [1.807, 2.05) is 31.2 Å². The van der Waals surface area contributed by atoms with E-state index in [2.05, 4.69) is 15.1 Å². The van der Waals surface area contributed by atoms with Crippen LogP contribution >= 0.6 is 0 Å². The molecule has 0 aliphatic heterocycles. The van der Waals surface area contributed by atoms with E-state index in [4.69, 9.17) is 15.0 Å². The lowest BCUT2D eigenvalue weighted by Gasteiger charge is -2.04. The zero-order chi connectivity index (χ0) is 14.7. The lowest BCUT2D eigenvalue weighted by molar-refractivity contribution is 0.340. The average molecular weight is 282 g/mol. The van der Waals surface area contributed by atoms with Crippen molar-refractivity contribution in [1.29, 1.82) is 0 Å².